The van der Waals surface area contributed by atoms with Gasteiger partial charge in [0.05, 0.1) is 13.3 Å². The van der Waals surface area contributed by atoms with Gasteiger partial charge in [0.1, 0.15) is 0 Å². The van der Waals surface area contributed by atoms with Crippen LogP contribution in [-0.2, 0) is 9.59 Å². The number of nitrogens with two attached hydrogens (primary N) is 3. The van der Waals surface area contributed by atoms with E-state index >= 15 is 0 Å². The van der Waals surface area contributed by atoms with Gasteiger partial charge in [0, 0.05) is 39.4 Å². The minimum absolute atomic E-state index is 0. The Morgan fingerprint density at radius 3 is 1.09 bits per heavy atom. The standard InChI is InChI=1S/C7H16N4O2.C4H11N3O.2C3H5NO.CH6N2.CH4/c1-3-8-6(12)10-5-11-7(13)9-4-2;1-2-6-4(8)7-3-5;2*1-2-4-3-5;2-1-3;/h3-5H2,1-2H3,(H2,8,10,12)(H2,9,11,13);2-3,5H2,1H3,(H2,6,7,8);2*2H2,1H3;1-3H2;1H4. The van der Waals surface area contributed by atoms with E-state index in [9.17, 15) is 14.4 Å². The number of aliphatic imine (C=N–C) groups is 2. The maximum Gasteiger partial charge on any atom is 0.316 e. The molecule has 0 aromatic rings. The van der Waals surface area contributed by atoms with Gasteiger partial charge in [-0.05, 0) is 34.6 Å². The molecule has 0 saturated heterocycles. The normalized spacial score (nSPS) is 7.31. The van der Waals surface area contributed by atoms with E-state index in [1.807, 2.05) is 20.8 Å². The van der Waals surface area contributed by atoms with E-state index in [0.29, 0.717) is 32.7 Å². The van der Waals surface area contributed by atoms with Crippen molar-refractivity contribution in [3.8, 4) is 0 Å². The Hall–Kier alpha value is -3.55. The Morgan fingerprint density at radius 1 is 0.629 bits per heavy atom. The fourth-order valence-electron chi connectivity index (χ4n) is 1.10. The summed E-state index contributed by atoms with van der Waals surface area (Å²) < 4.78 is 0. The first-order chi connectivity index (χ1) is 16.3. The Labute approximate surface area is 208 Å². The van der Waals surface area contributed by atoms with Crippen LogP contribution in [0.5, 0.6) is 0 Å². The molecule has 0 aliphatic carbocycles. The molecule has 0 bridgehead atoms. The molecular weight excluding hydrogens is 462 g/mol. The summed E-state index contributed by atoms with van der Waals surface area (Å²) in [6.07, 6.45) is 2.78. The monoisotopic (exact) mass is 509 g/mol. The number of isocyanates is 2. The third kappa shape index (κ3) is 72.4. The van der Waals surface area contributed by atoms with E-state index in [1.165, 1.54) is 12.2 Å². The first-order valence-electron chi connectivity index (χ1n) is 10.5. The van der Waals surface area contributed by atoms with E-state index in [-0.39, 0.29) is 45.5 Å². The highest BCUT2D eigenvalue weighted by atomic mass is 16.2. The minimum atomic E-state index is -0.292. The van der Waals surface area contributed by atoms with Gasteiger partial charge in [-0.15, -0.1) is 0 Å². The molecule has 0 aliphatic heterocycles. The summed E-state index contributed by atoms with van der Waals surface area (Å²) in [5.41, 5.74) is 14.2. The van der Waals surface area contributed by atoms with Crippen molar-refractivity contribution in [3.63, 3.8) is 0 Å². The molecule has 0 heterocycles. The van der Waals surface area contributed by atoms with Crippen molar-refractivity contribution in [2.24, 2.45) is 27.2 Å². The predicted octanol–water partition coefficient (Wildman–Crippen LogP) is -1.01. The number of nitrogens with zero attached hydrogens (tertiary/aromatic N) is 2. The average Bonchev–Trinajstić information content (AvgIpc) is 2.78. The van der Waals surface area contributed by atoms with Crippen LogP contribution in [0.1, 0.15) is 42.0 Å². The molecular formula is C19H47N11O5. The second-order valence-electron chi connectivity index (χ2n) is 4.86. The fourth-order valence-corrected chi connectivity index (χ4v) is 1.10. The smallest absolute Gasteiger partial charge is 0.316 e. The maximum absolute atomic E-state index is 10.8. The number of nitrogens with one attached hydrogen (secondary N) is 6. The van der Waals surface area contributed by atoms with Crippen molar-refractivity contribution in [2.75, 3.05) is 52.7 Å². The summed E-state index contributed by atoms with van der Waals surface area (Å²) in [4.78, 5) is 56.5. The molecule has 16 heteroatoms. The molecule has 12 N–H and O–H groups in total. The van der Waals surface area contributed by atoms with Gasteiger partial charge in [-0.3, -0.25) is 0 Å². The Morgan fingerprint density at radius 2 is 0.914 bits per heavy atom. The molecule has 0 saturated carbocycles. The highest BCUT2D eigenvalue weighted by molar-refractivity contribution is 5.76. The third-order valence-electron chi connectivity index (χ3n) is 2.22. The van der Waals surface area contributed by atoms with Crippen LogP contribution in [0, 0.1) is 0 Å². The van der Waals surface area contributed by atoms with Crippen LogP contribution in [0.4, 0.5) is 14.4 Å². The van der Waals surface area contributed by atoms with Crippen molar-refractivity contribution in [2.45, 2.75) is 42.0 Å². The van der Waals surface area contributed by atoms with Gasteiger partial charge in [-0.1, -0.05) is 7.43 Å². The Balaban J connectivity index is -0.0000000822. The maximum atomic E-state index is 10.8. The second kappa shape index (κ2) is 48.0. The van der Waals surface area contributed by atoms with E-state index in [4.69, 9.17) is 15.3 Å². The van der Waals surface area contributed by atoms with Crippen LogP contribution in [0.25, 0.3) is 0 Å². The summed E-state index contributed by atoms with van der Waals surface area (Å²) in [6, 6.07) is -0.798. The van der Waals surface area contributed by atoms with Crippen LogP contribution in [-0.4, -0.2) is 83.0 Å². The summed E-state index contributed by atoms with van der Waals surface area (Å²) in [7, 11) is 0. The van der Waals surface area contributed by atoms with Crippen molar-refractivity contribution >= 4 is 30.3 Å². The third-order valence-corrected chi connectivity index (χ3v) is 2.22. The highest BCUT2D eigenvalue weighted by Gasteiger charge is 1.98. The van der Waals surface area contributed by atoms with Gasteiger partial charge < -0.3 is 49.1 Å². The molecule has 0 rings (SSSR count). The lowest BCUT2D eigenvalue weighted by Gasteiger charge is -2.07. The first-order valence-corrected chi connectivity index (χ1v) is 10.5. The van der Waals surface area contributed by atoms with Crippen LogP contribution >= 0.6 is 0 Å². The minimum Gasteiger partial charge on any atom is -0.338 e. The van der Waals surface area contributed by atoms with Gasteiger partial charge in [-0.2, -0.15) is 0 Å². The molecule has 0 aromatic carbocycles. The number of rotatable bonds is 8. The number of carbonyl (C=O) groups is 3. The van der Waals surface area contributed by atoms with E-state index in [0.717, 1.165) is 0 Å². The largest absolute Gasteiger partial charge is 0.338 e. The van der Waals surface area contributed by atoms with Crippen molar-refractivity contribution < 1.29 is 24.0 Å². The number of urea groups is 3. The van der Waals surface area contributed by atoms with Gasteiger partial charge in [0.25, 0.3) is 0 Å². The molecule has 16 nitrogen and oxygen atoms in total. The molecule has 0 aliphatic rings. The Bertz CT molecular complexity index is 509. The lowest BCUT2D eigenvalue weighted by molar-refractivity contribution is 0.235. The zero-order chi connectivity index (χ0) is 27.5. The van der Waals surface area contributed by atoms with Crippen LogP contribution in [0.15, 0.2) is 9.98 Å². The zero-order valence-electron chi connectivity index (χ0n) is 20.8. The number of carbonyl (C=O) groups excluding carboxylic acids is 5. The molecule has 35 heavy (non-hydrogen) atoms. The molecule has 0 spiro atoms. The van der Waals surface area contributed by atoms with Gasteiger partial charge >= 0.3 is 18.1 Å². The van der Waals surface area contributed by atoms with Crippen LogP contribution < -0.4 is 49.1 Å². The quantitative estimate of drug-likeness (QED) is 0.111. The van der Waals surface area contributed by atoms with E-state index in [1.54, 1.807) is 13.8 Å². The second-order valence-corrected chi connectivity index (χ2v) is 4.86. The SMILES string of the molecule is C.CCN=C=O.CCN=C=O.CCNC(=O)NCN.CCNC(=O)NCNC(=O)NCC.NCN. The number of amides is 6. The summed E-state index contributed by atoms with van der Waals surface area (Å²) in [5, 5.41) is 14.9. The fraction of sp³-hybridized carbons (Fsp3) is 0.737. The Kier molecular flexibility index (Phi) is 61.8. The molecule has 0 unspecified atom stereocenters. The lowest BCUT2D eigenvalue weighted by Crippen LogP contribution is -2.45. The highest BCUT2D eigenvalue weighted by Crippen LogP contribution is 1.64. The van der Waals surface area contributed by atoms with Gasteiger partial charge in [0.2, 0.25) is 12.2 Å². The molecule has 0 fully saturated rings. The molecule has 208 valence electrons. The number of hydrogen-bond donors (Lipinski definition) is 9. The molecule has 6 amide bonds. The van der Waals surface area contributed by atoms with Gasteiger partial charge in [-0.25, -0.2) is 34.0 Å². The van der Waals surface area contributed by atoms with Crippen molar-refractivity contribution in [1.29, 1.82) is 0 Å². The summed E-state index contributed by atoms with van der Waals surface area (Å²) in [5.74, 6) is 0. The molecule has 0 radical (unpaired) electrons. The van der Waals surface area contributed by atoms with Crippen LogP contribution in [0.3, 0.4) is 0 Å². The lowest BCUT2D eigenvalue weighted by atomic mass is 10.7. The topological polar surface area (TPSA) is 260 Å². The predicted molar refractivity (Wildman–Crippen MR) is 138 cm³/mol. The first kappa shape index (κ1) is 45.0. The number of hydrogen-bond acceptors (Lipinski definition) is 10. The summed E-state index contributed by atoms with van der Waals surface area (Å²) >= 11 is 0. The van der Waals surface area contributed by atoms with Crippen molar-refractivity contribution in [1.82, 2.24) is 31.9 Å². The van der Waals surface area contributed by atoms with Crippen molar-refractivity contribution in [3.05, 3.63) is 0 Å². The zero-order valence-corrected chi connectivity index (χ0v) is 20.8. The van der Waals surface area contributed by atoms with Gasteiger partial charge in [0.15, 0.2) is 0 Å². The average molecular weight is 510 g/mol. The molecule has 0 atom stereocenters. The van der Waals surface area contributed by atoms with E-state index in [2.05, 4.69) is 53.4 Å². The molecule has 0 aromatic heterocycles. The summed E-state index contributed by atoms with van der Waals surface area (Å²) in [6.45, 7) is 12.4. The van der Waals surface area contributed by atoms with Crippen LogP contribution in [0.2, 0.25) is 0 Å². The van der Waals surface area contributed by atoms with E-state index < -0.39 is 0 Å².